The zero-order valence-electron chi connectivity index (χ0n) is 11.1. The molecular weight excluding hydrogens is 288 g/mol. The van der Waals surface area contributed by atoms with Gasteiger partial charge >= 0.3 is 0 Å². The van der Waals surface area contributed by atoms with Gasteiger partial charge in [0.1, 0.15) is 6.07 Å². The number of anilines is 1. The van der Waals surface area contributed by atoms with E-state index in [0.29, 0.717) is 30.3 Å². The lowest BCUT2D eigenvalue weighted by atomic mass is 10.1. The molecule has 0 amide bonds. The van der Waals surface area contributed by atoms with Crippen LogP contribution in [0.5, 0.6) is 0 Å². The Morgan fingerprint density at radius 2 is 2.24 bits per heavy atom. The lowest BCUT2D eigenvalue weighted by molar-refractivity contribution is 0.0765. The predicted molar refractivity (Wildman–Crippen MR) is 79.0 cm³/mol. The molecule has 2 aromatic rings. The van der Waals surface area contributed by atoms with E-state index >= 15 is 0 Å². The van der Waals surface area contributed by atoms with Crippen molar-refractivity contribution in [3.05, 3.63) is 35.0 Å². The first-order valence-electron chi connectivity index (χ1n) is 6.47. The molecule has 104 valence electrons. The number of nitrogens with zero attached hydrogens (tertiary/aromatic N) is 4. The molecule has 0 aliphatic carbocycles. The number of rotatable bonds is 1. The van der Waals surface area contributed by atoms with Crippen molar-refractivity contribution in [1.82, 2.24) is 4.98 Å². The van der Waals surface area contributed by atoms with Crippen LogP contribution in [0.1, 0.15) is 5.56 Å². The second kappa shape index (κ2) is 5.57. The topological polar surface area (TPSA) is 72.9 Å². The fourth-order valence-corrected chi connectivity index (χ4v) is 2.68. The van der Waals surface area contributed by atoms with Crippen LogP contribution in [0.15, 0.2) is 24.4 Å². The molecule has 1 fully saturated rings. The summed E-state index contributed by atoms with van der Waals surface area (Å²) < 4.78 is 5.36. The quantitative estimate of drug-likeness (QED) is 0.808. The average Bonchev–Trinajstić information content (AvgIpc) is 2.53. The molecule has 1 saturated heterocycles. The number of fused-ring (bicyclic) bond motifs is 1. The second-order valence-electron chi connectivity index (χ2n) is 4.73. The van der Waals surface area contributed by atoms with E-state index in [1.54, 1.807) is 18.3 Å². The minimum absolute atomic E-state index is 0.427. The molecular formula is C15H11ClN4O. The van der Waals surface area contributed by atoms with Gasteiger partial charge in [0.05, 0.1) is 36.0 Å². The number of pyridine rings is 1. The van der Waals surface area contributed by atoms with E-state index in [1.807, 2.05) is 11.0 Å². The summed E-state index contributed by atoms with van der Waals surface area (Å²) in [5.41, 5.74) is 2.02. The molecule has 21 heavy (non-hydrogen) atoms. The van der Waals surface area contributed by atoms with Crippen LogP contribution in [0.4, 0.5) is 5.69 Å². The molecule has 0 N–H and O–H groups in total. The number of hydrogen-bond acceptors (Lipinski definition) is 5. The van der Waals surface area contributed by atoms with Crippen LogP contribution in [0.3, 0.4) is 0 Å². The van der Waals surface area contributed by atoms with Crippen molar-refractivity contribution < 1.29 is 4.74 Å². The van der Waals surface area contributed by atoms with Gasteiger partial charge in [-0.1, -0.05) is 11.6 Å². The lowest BCUT2D eigenvalue weighted by Gasteiger charge is -2.32. The van der Waals surface area contributed by atoms with Gasteiger partial charge in [0, 0.05) is 23.2 Å². The Kier molecular flexibility index (Phi) is 3.62. The standard InChI is InChI=1S/C15H11ClN4O/c16-11-1-2-14-13(5-11)15(10(6-17)8-19-14)20-3-4-21-12(7-18)9-20/h1-2,5,8,12H,3-4,9H2. The van der Waals surface area contributed by atoms with Crippen molar-refractivity contribution in [3.63, 3.8) is 0 Å². The minimum atomic E-state index is -0.493. The highest BCUT2D eigenvalue weighted by atomic mass is 35.5. The first kappa shape index (κ1) is 13.6. The summed E-state index contributed by atoms with van der Waals surface area (Å²) in [6.07, 6.45) is 1.07. The molecule has 6 heteroatoms. The number of nitriles is 2. The number of benzene rings is 1. The Hall–Kier alpha value is -2.34. The molecule has 0 bridgehead atoms. The van der Waals surface area contributed by atoms with Crippen molar-refractivity contribution in [2.45, 2.75) is 6.10 Å². The number of ether oxygens (including phenoxy) is 1. The lowest BCUT2D eigenvalue weighted by Crippen LogP contribution is -2.42. The first-order chi connectivity index (χ1) is 10.2. The summed E-state index contributed by atoms with van der Waals surface area (Å²) in [7, 11) is 0. The van der Waals surface area contributed by atoms with Gasteiger partial charge in [0.2, 0.25) is 0 Å². The van der Waals surface area contributed by atoms with E-state index < -0.39 is 6.10 Å². The van der Waals surface area contributed by atoms with E-state index in [0.717, 1.165) is 16.6 Å². The minimum Gasteiger partial charge on any atom is -0.364 e. The van der Waals surface area contributed by atoms with E-state index in [2.05, 4.69) is 17.1 Å². The van der Waals surface area contributed by atoms with Gasteiger partial charge in [0.25, 0.3) is 0 Å². The smallest absolute Gasteiger partial charge is 0.161 e. The number of halogens is 1. The molecule has 0 radical (unpaired) electrons. The molecule has 5 nitrogen and oxygen atoms in total. The number of aromatic nitrogens is 1. The maximum absolute atomic E-state index is 9.36. The average molecular weight is 299 g/mol. The molecule has 0 spiro atoms. The van der Waals surface area contributed by atoms with Crippen LogP contribution in [0.2, 0.25) is 5.02 Å². The van der Waals surface area contributed by atoms with Gasteiger partial charge < -0.3 is 9.64 Å². The van der Waals surface area contributed by atoms with Crippen molar-refractivity contribution in [2.24, 2.45) is 0 Å². The summed E-state index contributed by atoms with van der Waals surface area (Å²) in [4.78, 5) is 6.28. The summed E-state index contributed by atoms with van der Waals surface area (Å²) in [6.45, 7) is 1.50. The number of morpholine rings is 1. The van der Waals surface area contributed by atoms with Crippen molar-refractivity contribution in [2.75, 3.05) is 24.6 Å². The summed E-state index contributed by atoms with van der Waals surface area (Å²) in [5.74, 6) is 0. The summed E-state index contributed by atoms with van der Waals surface area (Å²) in [6, 6.07) is 9.67. The van der Waals surface area contributed by atoms with Crippen LogP contribution in [0, 0.1) is 22.7 Å². The highest BCUT2D eigenvalue weighted by Crippen LogP contribution is 2.32. The van der Waals surface area contributed by atoms with Crippen LogP contribution in [-0.2, 0) is 4.74 Å². The van der Waals surface area contributed by atoms with Gasteiger partial charge in [-0.05, 0) is 18.2 Å². The molecule has 3 rings (SSSR count). The van der Waals surface area contributed by atoms with E-state index in [4.69, 9.17) is 21.6 Å². The molecule has 2 heterocycles. The third-order valence-electron chi connectivity index (χ3n) is 3.45. The largest absolute Gasteiger partial charge is 0.364 e. The SMILES string of the molecule is N#Cc1cnc2ccc(Cl)cc2c1N1CCOC(C#N)C1. The van der Waals surface area contributed by atoms with Gasteiger partial charge in [0.15, 0.2) is 6.10 Å². The summed E-state index contributed by atoms with van der Waals surface area (Å²) >= 11 is 6.07. The van der Waals surface area contributed by atoms with Crippen LogP contribution >= 0.6 is 11.6 Å². The fourth-order valence-electron chi connectivity index (χ4n) is 2.50. The van der Waals surface area contributed by atoms with Crippen LogP contribution in [-0.4, -0.2) is 30.8 Å². The zero-order valence-corrected chi connectivity index (χ0v) is 11.8. The maximum atomic E-state index is 9.36. The summed E-state index contributed by atoms with van der Waals surface area (Å²) in [5, 5.41) is 19.8. The third kappa shape index (κ3) is 2.50. The predicted octanol–water partition coefficient (Wildman–Crippen LogP) is 2.49. The molecule has 1 aromatic carbocycles. The van der Waals surface area contributed by atoms with Crippen molar-refractivity contribution in [3.8, 4) is 12.1 Å². The van der Waals surface area contributed by atoms with Crippen molar-refractivity contribution >= 4 is 28.2 Å². The van der Waals surface area contributed by atoms with Gasteiger partial charge in [-0.25, -0.2) is 0 Å². The molecule has 0 saturated carbocycles. The normalized spacial score (nSPS) is 18.2. The highest BCUT2D eigenvalue weighted by molar-refractivity contribution is 6.31. The number of hydrogen-bond donors (Lipinski definition) is 0. The Morgan fingerprint density at radius 1 is 1.38 bits per heavy atom. The Balaban J connectivity index is 2.17. The first-order valence-corrected chi connectivity index (χ1v) is 6.85. The Labute approximate surface area is 126 Å². The van der Waals surface area contributed by atoms with E-state index in [1.165, 1.54) is 0 Å². The Morgan fingerprint density at radius 3 is 3.00 bits per heavy atom. The molecule has 1 unspecified atom stereocenters. The van der Waals surface area contributed by atoms with Gasteiger partial charge in [-0.3, -0.25) is 4.98 Å². The van der Waals surface area contributed by atoms with Crippen LogP contribution in [0.25, 0.3) is 10.9 Å². The zero-order chi connectivity index (χ0) is 14.8. The fraction of sp³-hybridized carbons (Fsp3) is 0.267. The van der Waals surface area contributed by atoms with Gasteiger partial charge in [-0.15, -0.1) is 0 Å². The third-order valence-corrected chi connectivity index (χ3v) is 3.68. The van der Waals surface area contributed by atoms with Crippen molar-refractivity contribution in [1.29, 1.82) is 10.5 Å². The van der Waals surface area contributed by atoms with Crippen LogP contribution < -0.4 is 4.90 Å². The van der Waals surface area contributed by atoms with E-state index in [9.17, 15) is 5.26 Å². The van der Waals surface area contributed by atoms with Gasteiger partial charge in [-0.2, -0.15) is 10.5 Å². The molecule has 1 atom stereocenters. The molecule has 1 aromatic heterocycles. The van der Waals surface area contributed by atoms with E-state index in [-0.39, 0.29) is 0 Å². The molecule has 1 aliphatic heterocycles. The Bertz CT molecular complexity index is 778. The second-order valence-corrected chi connectivity index (χ2v) is 5.16. The monoisotopic (exact) mass is 298 g/mol. The highest BCUT2D eigenvalue weighted by Gasteiger charge is 2.24. The molecule has 1 aliphatic rings. The maximum Gasteiger partial charge on any atom is 0.161 e.